The van der Waals surface area contributed by atoms with Gasteiger partial charge in [0, 0.05) is 29.2 Å². The molecule has 0 radical (unpaired) electrons. The predicted octanol–water partition coefficient (Wildman–Crippen LogP) is 3.22. The van der Waals surface area contributed by atoms with Gasteiger partial charge in [0.25, 0.3) is 0 Å². The number of fused-ring (bicyclic) bond motifs is 1. The second-order valence-corrected chi connectivity index (χ2v) is 4.36. The van der Waals surface area contributed by atoms with E-state index in [0.717, 1.165) is 27.7 Å². The zero-order valence-corrected chi connectivity index (χ0v) is 10.4. The molecule has 1 aromatic carbocycles. The summed E-state index contributed by atoms with van der Waals surface area (Å²) in [7, 11) is 1.97. The lowest BCUT2D eigenvalue weighted by Crippen LogP contribution is -2.02. The van der Waals surface area contributed by atoms with Crippen LogP contribution in [0.4, 0.5) is 0 Å². The van der Waals surface area contributed by atoms with Gasteiger partial charge in [-0.15, -0.1) is 11.6 Å². The fraction of sp³-hybridized carbons (Fsp3) is 0.308. The molecule has 0 spiro atoms. The van der Waals surface area contributed by atoms with Crippen molar-refractivity contribution in [1.29, 1.82) is 0 Å². The molecule has 1 heterocycles. The number of Topliss-reactive ketones (excluding diaryl/α,β-unsaturated/α-hetero) is 1. The first-order valence-electron chi connectivity index (χ1n) is 5.21. The van der Waals surface area contributed by atoms with Crippen LogP contribution in [-0.4, -0.2) is 16.2 Å². The van der Waals surface area contributed by atoms with Crippen LogP contribution < -0.4 is 0 Å². The molecule has 2 nitrogen and oxygen atoms in total. The first-order chi connectivity index (χ1) is 7.56. The van der Waals surface area contributed by atoms with E-state index in [0.29, 0.717) is 0 Å². The van der Waals surface area contributed by atoms with Crippen LogP contribution in [0.25, 0.3) is 10.9 Å². The predicted molar refractivity (Wildman–Crippen MR) is 67.4 cm³/mol. The molecule has 0 unspecified atom stereocenters. The molecule has 16 heavy (non-hydrogen) atoms. The number of carbonyl (C=O) groups is 1. The van der Waals surface area contributed by atoms with Crippen molar-refractivity contribution in [2.24, 2.45) is 7.05 Å². The van der Waals surface area contributed by atoms with E-state index in [1.165, 1.54) is 0 Å². The van der Waals surface area contributed by atoms with E-state index in [1.807, 2.05) is 37.6 Å². The first-order valence-corrected chi connectivity index (χ1v) is 5.74. The number of rotatable bonds is 2. The third kappa shape index (κ3) is 1.54. The molecule has 0 aliphatic rings. The van der Waals surface area contributed by atoms with Crippen LogP contribution in [0.5, 0.6) is 0 Å². The molecule has 0 bridgehead atoms. The lowest BCUT2D eigenvalue weighted by atomic mass is 10.1. The summed E-state index contributed by atoms with van der Waals surface area (Å²) in [6, 6.07) is 6.14. The van der Waals surface area contributed by atoms with Crippen molar-refractivity contribution in [3.63, 3.8) is 0 Å². The van der Waals surface area contributed by atoms with Gasteiger partial charge in [-0.2, -0.15) is 0 Å². The number of ketones is 1. The molecule has 0 amide bonds. The molecule has 0 saturated carbocycles. The maximum absolute atomic E-state index is 11.8. The summed E-state index contributed by atoms with van der Waals surface area (Å²) >= 11 is 5.65. The summed E-state index contributed by atoms with van der Waals surface area (Å²) in [6.07, 6.45) is 0. The summed E-state index contributed by atoms with van der Waals surface area (Å²) in [4.78, 5) is 11.8. The SMILES string of the molecule is Cc1ccc2c(c1)c(C(=O)CCl)c(C)n2C. The largest absolute Gasteiger partial charge is 0.347 e. The van der Waals surface area contributed by atoms with Crippen molar-refractivity contribution >= 4 is 28.3 Å². The molecule has 0 saturated heterocycles. The normalized spacial score (nSPS) is 11.0. The van der Waals surface area contributed by atoms with Gasteiger partial charge in [0.1, 0.15) is 0 Å². The molecule has 0 aliphatic carbocycles. The number of aryl methyl sites for hydroxylation is 2. The molecule has 2 aromatic rings. The van der Waals surface area contributed by atoms with E-state index in [4.69, 9.17) is 11.6 Å². The van der Waals surface area contributed by atoms with Crippen LogP contribution in [0.1, 0.15) is 21.6 Å². The van der Waals surface area contributed by atoms with Crippen LogP contribution in [-0.2, 0) is 7.05 Å². The average Bonchev–Trinajstić information content (AvgIpc) is 2.51. The van der Waals surface area contributed by atoms with Crippen molar-refractivity contribution in [3.8, 4) is 0 Å². The van der Waals surface area contributed by atoms with Gasteiger partial charge < -0.3 is 4.57 Å². The number of benzene rings is 1. The van der Waals surface area contributed by atoms with Gasteiger partial charge in [-0.05, 0) is 26.0 Å². The maximum Gasteiger partial charge on any atom is 0.180 e. The Hall–Kier alpha value is -1.28. The Kier molecular flexibility index (Phi) is 2.76. The Morgan fingerprint density at radius 3 is 2.69 bits per heavy atom. The maximum atomic E-state index is 11.8. The molecule has 1 aromatic heterocycles. The van der Waals surface area contributed by atoms with E-state index in [1.54, 1.807) is 0 Å². The summed E-state index contributed by atoms with van der Waals surface area (Å²) in [5, 5.41) is 1.01. The van der Waals surface area contributed by atoms with Gasteiger partial charge in [-0.25, -0.2) is 0 Å². The second kappa shape index (κ2) is 3.95. The highest BCUT2D eigenvalue weighted by atomic mass is 35.5. The topological polar surface area (TPSA) is 22.0 Å². The molecular weight excluding hydrogens is 222 g/mol. The van der Waals surface area contributed by atoms with E-state index in [2.05, 4.69) is 6.07 Å². The highest BCUT2D eigenvalue weighted by Gasteiger charge is 2.17. The number of alkyl halides is 1. The fourth-order valence-electron chi connectivity index (χ4n) is 2.10. The minimum Gasteiger partial charge on any atom is -0.347 e. The number of aromatic nitrogens is 1. The Morgan fingerprint density at radius 2 is 2.06 bits per heavy atom. The van der Waals surface area contributed by atoms with E-state index >= 15 is 0 Å². The molecule has 0 N–H and O–H groups in total. The van der Waals surface area contributed by atoms with Gasteiger partial charge in [0.2, 0.25) is 0 Å². The Morgan fingerprint density at radius 1 is 1.38 bits per heavy atom. The molecule has 0 fully saturated rings. The zero-order chi connectivity index (χ0) is 11.9. The third-order valence-electron chi connectivity index (χ3n) is 3.05. The van der Waals surface area contributed by atoms with Crippen LogP contribution in [0.3, 0.4) is 0 Å². The van der Waals surface area contributed by atoms with Crippen molar-refractivity contribution < 1.29 is 4.79 Å². The molecule has 84 valence electrons. The quantitative estimate of drug-likeness (QED) is 0.579. The van der Waals surface area contributed by atoms with Gasteiger partial charge >= 0.3 is 0 Å². The van der Waals surface area contributed by atoms with E-state index in [9.17, 15) is 4.79 Å². The summed E-state index contributed by atoms with van der Waals surface area (Å²) < 4.78 is 2.04. The summed E-state index contributed by atoms with van der Waals surface area (Å²) in [5.74, 6) is 0.0313. The van der Waals surface area contributed by atoms with Gasteiger partial charge in [-0.1, -0.05) is 11.6 Å². The van der Waals surface area contributed by atoms with Crippen molar-refractivity contribution in [2.45, 2.75) is 13.8 Å². The van der Waals surface area contributed by atoms with Crippen LogP contribution in [0.15, 0.2) is 18.2 Å². The van der Waals surface area contributed by atoms with Gasteiger partial charge in [-0.3, -0.25) is 4.79 Å². The van der Waals surface area contributed by atoms with E-state index < -0.39 is 0 Å². The number of nitrogens with zero attached hydrogens (tertiary/aromatic N) is 1. The number of hydrogen-bond donors (Lipinski definition) is 0. The van der Waals surface area contributed by atoms with Crippen LogP contribution >= 0.6 is 11.6 Å². The van der Waals surface area contributed by atoms with Crippen LogP contribution in [0, 0.1) is 13.8 Å². The molecular formula is C13H14ClNO. The Balaban J connectivity index is 2.85. The number of hydrogen-bond acceptors (Lipinski definition) is 1. The highest BCUT2D eigenvalue weighted by molar-refractivity contribution is 6.32. The van der Waals surface area contributed by atoms with Gasteiger partial charge in [0.05, 0.1) is 5.88 Å². The Labute approximate surface area is 99.8 Å². The summed E-state index contributed by atoms with van der Waals surface area (Å²) in [6.45, 7) is 3.98. The number of halogens is 1. The lowest BCUT2D eigenvalue weighted by Gasteiger charge is -1.98. The molecule has 2 rings (SSSR count). The molecule has 0 aliphatic heterocycles. The third-order valence-corrected chi connectivity index (χ3v) is 3.29. The van der Waals surface area contributed by atoms with Crippen molar-refractivity contribution in [3.05, 3.63) is 35.0 Å². The first kappa shape index (κ1) is 11.2. The molecule has 3 heteroatoms. The number of carbonyl (C=O) groups excluding carboxylic acids is 1. The average molecular weight is 236 g/mol. The highest BCUT2D eigenvalue weighted by Crippen LogP contribution is 2.26. The van der Waals surface area contributed by atoms with Crippen molar-refractivity contribution in [1.82, 2.24) is 4.57 Å². The smallest absolute Gasteiger partial charge is 0.180 e. The lowest BCUT2D eigenvalue weighted by molar-refractivity contribution is 0.102. The Bertz CT molecular complexity index is 569. The van der Waals surface area contributed by atoms with Crippen molar-refractivity contribution in [2.75, 3.05) is 5.88 Å². The minimum atomic E-state index is -0.00429. The van der Waals surface area contributed by atoms with Gasteiger partial charge in [0.15, 0.2) is 5.78 Å². The molecule has 0 atom stereocenters. The zero-order valence-electron chi connectivity index (χ0n) is 9.67. The second-order valence-electron chi connectivity index (χ2n) is 4.10. The van der Waals surface area contributed by atoms with E-state index in [-0.39, 0.29) is 11.7 Å². The summed E-state index contributed by atoms with van der Waals surface area (Å²) in [5.41, 5.74) is 3.97. The minimum absolute atomic E-state index is 0.00429. The monoisotopic (exact) mass is 235 g/mol. The fourth-order valence-corrected chi connectivity index (χ4v) is 2.24. The van der Waals surface area contributed by atoms with Crippen LogP contribution in [0.2, 0.25) is 0 Å². The standard InChI is InChI=1S/C13H14ClNO/c1-8-4-5-11-10(6-8)13(12(16)7-14)9(2)15(11)3/h4-6H,7H2,1-3H3.